The molecule has 0 heterocycles. The molecular weight excluding hydrogens is 312 g/mol. The fraction of sp³-hybridized carbons (Fsp3) is 0.429. The van der Waals surface area contributed by atoms with Crippen LogP contribution in [-0.4, -0.2) is 36.4 Å². The summed E-state index contributed by atoms with van der Waals surface area (Å²) in [5, 5.41) is 13.8. The van der Waals surface area contributed by atoms with E-state index in [4.69, 9.17) is 10.5 Å². The molecule has 4 N–H and O–H groups in total. The van der Waals surface area contributed by atoms with E-state index in [0.717, 1.165) is 17.7 Å². The van der Waals surface area contributed by atoms with Gasteiger partial charge in [0, 0.05) is 18.1 Å². The molecule has 0 amide bonds. The highest BCUT2D eigenvalue weighted by atomic mass is 16.5. The third-order valence-corrected chi connectivity index (χ3v) is 4.38. The highest BCUT2D eigenvalue weighted by Gasteiger charge is 2.22. The monoisotopic (exact) mass is 342 g/mol. The van der Waals surface area contributed by atoms with Gasteiger partial charge in [0.25, 0.3) is 0 Å². The number of rotatable bonds is 9. The summed E-state index contributed by atoms with van der Waals surface area (Å²) in [6.07, 6.45) is 0.912. The van der Waals surface area contributed by atoms with Crippen LogP contribution >= 0.6 is 0 Å². The molecule has 2 atom stereocenters. The first-order valence-corrected chi connectivity index (χ1v) is 8.75. The van der Waals surface area contributed by atoms with Gasteiger partial charge >= 0.3 is 0 Å². The number of aliphatic hydroxyl groups excluding tert-OH is 1. The maximum atomic E-state index is 10.4. The Balaban J connectivity index is 1.85. The molecule has 2 rings (SSSR count). The first kappa shape index (κ1) is 19.4. The highest BCUT2D eigenvalue weighted by molar-refractivity contribution is 5.29. The number of hydrogen-bond donors (Lipinski definition) is 3. The number of β-amino-alcohol motifs (C(OH)–C–C–N with tert-alkyl or cyclic N) is 1. The van der Waals surface area contributed by atoms with E-state index >= 15 is 0 Å². The number of aliphatic hydroxyl groups is 1. The van der Waals surface area contributed by atoms with Crippen molar-refractivity contribution in [1.29, 1.82) is 0 Å². The Kier molecular flexibility index (Phi) is 7.00. The van der Waals surface area contributed by atoms with Crippen molar-refractivity contribution in [3.05, 3.63) is 65.7 Å². The third-order valence-electron chi connectivity index (χ3n) is 4.38. The minimum Gasteiger partial charge on any atom is -0.497 e. The molecule has 0 radical (unpaired) electrons. The largest absolute Gasteiger partial charge is 0.497 e. The van der Waals surface area contributed by atoms with Crippen LogP contribution in [0.2, 0.25) is 0 Å². The van der Waals surface area contributed by atoms with Gasteiger partial charge < -0.3 is 20.9 Å². The van der Waals surface area contributed by atoms with Crippen LogP contribution in [0.15, 0.2) is 54.6 Å². The third kappa shape index (κ3) is 6.50. The molecule has 0 aliphatic rings. The average Bonchev–Trinajstić information content (AvgIpc) is 2.60. The van der Waals surface area contributed by atoms with Crippen molar-refractivity contribution in [3.8, 4) is 5.75 Å². The van der Waals surface area contributed by atoms with Gasteiger partial charge in [-0.1, -0.05) is 42.5 Å². The molecule has 0 aromatic heterocycles. The normalized spacial score (nSPS) is 14.1. The minimum absolute atomic E-state index is 0.153. The van der Waals surface area contributed by atoms with E-state index < -0.39 is 6.10 Å². The predicted molar refractivity (Wildman–Crippen MR) is 103 cm³/mol. The number of methoxy groups -OCH3 is 1. The van der Waals surface area contributed by atoms with Crippen LogP contribution in [0.1, 0.15) is 25.0 Å². The average molecular weight is 342 g/mol. The van der Waals surface area contributed by atoms with Crippen LogP contribution in [0.25, 0.3) is 0 Å². The van der Waals surface area contributed by atoms with Crippen molar-refractivity contribution in [2.45, 2.75) is 44.4 Å². The number of nitrogens with two attached hydrogens (primary N) is 1. The zero-order chi connectivity index (χ0) is 18.3. The Bertz CT molecular complexity index is 643. The maximum Gasteiger partial charge on any atom is 0.119 e. The molecule has 0 aliphatic carbocycles. The lowest BCUT2D eigenvalue weighted by molar-refractivity contribution is 0.131. The van der Waals surface area contributed by atoms with Crippen LogP contribution < -0.4 is 15.8 Å². The second kappa shape index (κ2) is 8.99. The molecule has 0 saturated carbocycles. The molecule has 2 aromatic rings. The Morgan fingerprint density at radius 2 is 1.76 bits per heavy atom. The second-order valence-corrected chi connectivity index (χ2v) is 7.21. The van der Waals surface area contributed by atoms with Crippen LogP contribution in [0, 0.1) is 0 Å². The molecule has 0 spiro atoms. The topological polar surface area (TPSA) is 67.5 Å². The zero-order valence-electron chi connectivity index (χ0n) is 15.4. The number of hydrogen-bond acceptors (Lipinski definition) is 4. The number of benzene rings is 2. The van der Waals surface area contributed by atoms with Gasteiger partial charge in [0.05, 0.1) is 13.2 Å². The maximum absolute atomic E-state index is 10.4. The molecule has 2 aromatic carbocycles. The lowest BCUT2D eigenvalue weighted by Crippen LogP contribution is -2.50. The molecule has 0 saturated heterocycles. The van der Waals surface area contributed by atoms with E-state index in [1.165, 1.54) is 5.56 Å². The summed E-state index contributed by atoms with van der Waals surface area (Å²) in [5.74, 6) is 0.859. The first-order chi connectivity index (χ1) is 11.9. The minimum atomic E-state index is -0.593. The fourth-order valence-electron chi connectivity index (χ4n) is 2.91. The van der Waals surface area contributed by atoms with Gasteiger partial charge in [0.1, 0.15) is 5.75 Å². The lowest BCUT2D eigenvalue weighted by Gasteiger charge is -2.29. The van der Waals surface area contributed by atoms with Gasteiger partial charge in [0.15, 0.2) is 0 Å². The standard InChI is InChI=1S/C21H30N2O2/c1-21(2,14-17-10-7-11-18(12-17)25-3)23-15-20(24)19(22)13-16-8-5-4-6-9-16/h4-12,19-20,23-24H,13-15,22H2,1-3H3/t19-,20+/m0/s1. The van der Waals surface area contributed by atoms with Gasteiger partial charge in [-0.05, 0) is 49.9 Å². The fourth-order valence-corrected chi connectivity index (χ4v) is 2.91. The summed E-state index contributed by atoms with van der Waals surface area (Å²) in [6.45, 7) is 4.72. The highest BCUT2D eigenvalue weighted by Crippen LogP contribution is 2.18. The van der Waals surface area contributed by atoms with Crippen molar-refractivity contribution in [3.63, 3.8) is 0 Å². The predicted octanol–water partition coefficient (Wildman–Crippen LogP) is 2.54. The molecule has 0 unspecified atom stereocenters. The molecular formula is C21H30N2O2. The Morgan fingerprint density at radius 1 is 1.08 bits per heavy atom. The Morgan fingerprint density at radius 3 is 2.44 bits per heavy atom. The van der Waals surface area contributed by atoms with Crippen LogP contribution in [0.3, 0.4) is 0 Å². The lowest BCUT2D eigenvalue weighted by atomic mass is 9.94. The van der Waals surface area contributed by atoms with Crippen molar-refractivity contribution >= 4 is 0 Å². The van der Waals surface area contributed by atoms with Gasteiger partial charge in [-0.25, -0.2) is 0 Å². The Hall–Kier alpha value is -1.88. The molecule has 136 valence electrons. The van der Waals surface area contributed by atoms with Gasteiger partial charge in [-0.15, -0.1) is 0 Å². The van der Waals surface area contributed by atoms with Gasteiger partial charge in [0.2, 0.25) is 0 Å². The number of nitrogens with one attached hydrogen (secondary N) is 1. The van der Waals surface area contributed by atoms with Crippen molar-refractivity contribution in [2.75, 3.05) is 13.7 Å². The summed E-state index contributed by atoms with van der Waals surface area (Å²) in [4.78, 5) is 0. The van der Waals surface area contributed by atoms with E-state index in [1.54, 1.807) is 7.11 Å². The van der Waals surface area contributed by atoms with Crippen LogP contribution in [-0.2, 0) is 12.8 Å². The number of ether oxygens (including phenoxy) is 1. The molecule has 0 fully saturated rings. The van der Waals surface area contributed by atoms with Crippen LogP contribution in [0.5, 0.6) is 5.75 Å². The second-order valence-electron chi connectivity index (χ2n) is 7.21. The van der Waals surface area contributed by atoms with E-state index in [0.29, 0.717) is 13.0 Å². The smallest absolute Gasteiger partial charge is 0.119 e. The van der Waals surface area contributed by atoms with E-state index in [-0.39, 0.29) is 11.6 Å². The summed E-state index contributed by atoms with van der Waals surface area (Å²) >= 11 is 0. The molecule has 4 heteroatoms. The van der Waals surface area contributed by atoms with E-state index in [2.05, 4.69) is 25.2 Å². The van der Waals surface area contributed by atoms with Crippen molar-refractivity contribution in [2.24, 2.45) is 5.73 Å². The SMILES string of the molecule is COc1cccc(CC(C)(C)NC[C@@H](O)[C@@H](N)Cc2ccccc2)c1. The van der Waals surface area contributed by atoms with Crippen molar-refractivity contribution in [1.82, 2.24) is 5.32 Å². The van der Waals surface area contributed by atoms with E-state index in [9.17, 15) is 5.11 Å². The summed E-state index contributed by atoms with van der Waals surface area (Å²) in [6, 6.07) is 17.8. The Labute approximate surface area is 151 Å². The van der Waals surface area contributed by atoms with Gasteiger partial charge in [-0.2, -0.15) is 0 Å². The molecule has 0 bridgehead atoms. The first-order valence-electron chi connectivity index (χ1n) is 8.75. The quantitative estimate of drug-likeness (QED) is 0.655. The van der Waals surface area contributed by atoms with Gasteiger partial charge in [-0.3, -0.25) is 0 Å². The summed E-state index contributed by atoms with van der Waals surface area (Å²) in [5.41, 5.74) is 8.35. The van der Waals surface area contributed by atoms with Crippen LogP contribution in [0.4, 0.5) is 0 Å². The summed E-state index contributed by atoms with van der Waals surface area (Å²) in [7, 11) is 1.67. The molecule has 0 aliphatic heterocycles. The summed E-state index contributed by atoms with van der Waals surface area (Å²) < 4.78 is 5.28. The zero-order valence-corrected chi connectivity index (χ0v) is 15.4. The molecule has 4 nitrogen and oxygen atoms in total. The van der Waals surface area contributed by atoms with Crippen molar-refractivity contribution < 1.29 is 9.84 Å². The molecule has 25 heavy (non-hydrogen) atoms. The van der Waals surface area contributed by atoms with E-state index in [1.807, 2.05) is 48.5 Å².